The summed E-state index contributed by atoms with van der Waals surface area (Å²) in [7, 11) is 0. The van der Waals surface area contributed by atoms with Gasteiger partial charge in [0.05, 0.1) is 0 Å². The van der Waals surface area contributed by atoms with Crippen LogP contribution in [0.1, 0.15) is 72.1 Å². The first-order valence-corrected chi connectivity index (χ1v) is 11.0. The van der Waals surface area contributed by atoms with Crippen LogP contribution < -0.4 is 0 Å². The van der Waals surface area contributed by atoms with Crippen molar-refractivity contribution in [1.29, 1.82) is 0 Å². The van der Waals surface area contributed by atoms with E-state index in [1.54, 1.807) is 4.90 Å². The van der Waals surface area contributed by atoms with E-state index in [0.29, 0.717) is 5.92 Å². The van der Waals surface area contributed by atoms with Crippen LogP contribution in [0.15, 0.2) is 0 Å². The van der Waals surface area contributed by atoms with E-state index in [0.717, 1.165) is 38.1 Å². The zero-order chi connectivity index (χ0) is 18.8. The molecule has 148 valence electrons. The average Bonchev–Trinajstić information content (AvgIpc) is 2.59. The van der Waals surface area contributed by atoms with Gasteiger partial charge in [0.25, 0.3) is 0 Å². The van der Waals surface area contributed by atoms with E-state index < -0.39 is 0 Å². The standard InChI is InChI=1S/C21H35ClN2O2/c1-14(2)23-13-19(25)24(12-16-6-4-5-15(3)11-16)20(21(23)26)17-7-9-18(22)10-8-17/h14-18,20H,4-13H2,1-3H3. The molecule has 0 N–H and O–H groups in total. The molecule has 0 radical (unpaired) electrons. The Morgan fingerprint density at radius 2 is 1.77 bits per heavy atom. The van der Waals surface area contributed by atoms with Gasteiger partial charge in [0.2, 0.25) is 11.8 Å². The molecular formula is C21H35ClN2O2. The van der Waals surface area contributed by atoms with Crippen molar-refractivity contribution in [1.82, 2.24) is 9.80 Å². The molecule has 1 aliphatic heterocycles. The normalized spacial score (nSPS) is 36.7. The minimum Gasteiger partial charge on any atom is -0.329 e. The predicted molar refractivity (Wildman–Crippen MR) is 105 cm³/mol. The van der Waals surface area contributed by atoms with E-state index in [4.69, 9.17) is 11.6 Å². The fourth-order valence-electron chi connectivity index (χ4n) is 5.28. The molecule has 0 aromatic carbocycles. The molecule has 3 atom stereocenters. The third kappa shape index (κ3) is 4.37. The van der Waals surface area contributed by atoms with Crippen LogP contribution in [-0.4, -0.2) is 52.2 Å². The molecule has 2 amide bonds. The number of amides is 2. The monoisotopic (exact) mass is 382 g/mol. The number of hydrogen-bond donors (Lipinski definition) is 0. The molecular weight excluding hydrogens is 348 g/mol. The third-order valence-electron chi connectivity index (χ3n) is 6.77. The first-order valence-electron chi connectivity index (χ1n) is 10.6. The van der Waals surface area contributed by atoms with Gasteiger partial charge in [-0.1, -0.05) is 19.8 Å². The fraction of sp³-hybridized carbons (Fsp3) is 0.905. The molecule has 26 heavy (non-hydrogen) atoms. The van der Waals surface area contributed by atoms with Gasteiger partial charge in [-0.15, -0.1) is 11.6 Å². The Balaban J connectivity index is 1.79. The minimum absolute atomic E-state index is 0.0789. The van der Waals surface area contributed by atoms with Gasteiger partial charge in [0.1, 0.15) is 12.6 Å². The highest BCUT2D eigenvalue weighted by Crippen LogP contribution is 2.36. The van der Waals surface area contributed by atoms with Gasteiger partial charge >= 0.3 is 0 Å². The molecule has 2 aliphatic carbocycles. The predicted octanol–water partition coefficient (Wildman–Crippen LogP) is 4.06. The van der Waals surface area contributed by atoms with Crippen molar-refractivity contribution < 1.29 is 9.59 Å². The Hall–Kier alpha value is -0.770. The summed E-state index contributed by atoms with van der Waals surface area (Å²) >= 11 is 6.30. The number of alkyl halides is 1. The average molecular weight is 383 g/mol. The maximum atomic E-state index is 13.3. The van der Waals surface area contributed by atoms with Crippen LogP contribution in [0.25, 0.3) is 0 Å². The summed E-state index contributed by atoms with van der Waals surface area (Å²) in [6.07, 6.45) is 8.77. The van der Waals surface area contributed by atoms with Crippen molar-refractivity contribution in [3.05, 3.63) is 0 Å². The quantitative estimate of drug-likeness (QED) is 0.688. The first-order chi connectivity index (χ1) is 12.4. The molecule has 0 bridgehead atoms. The number of piperazine rings is 1. The molecule has 1 heterocycles. The van der Waals surface area contributed by atoms with Crippen LogP contribution >= 0.6 is 11.6 Å². The van der Waals surface area contributed by atoms with Crippen LogP contribution in [-0.2, 0) is 9.59 Å². The van der Waals surface area contributed by atoms with Crippen molar-refractivity contribution in [3.63, 3.8) is 0 Å². The molecule has 1 saturated heterocycles. The van der Waals surface area contributed by atoms with Crippen LogP contribution in [0.4, 0.5) is 0 Å². The maximum absolute atomic E-state index is 13.3. The van der Waals surface area contributed by atoms with Gasteiger partial charge in [-0.2, -0.15) is 0 Å². The summed E-state index contributed by atoms with van der Waals surface area (Å²) in [5, 5.41) is 0.231. The maximum Gasteiger partial charge on any atom is 0.246 e. The topological polar surface area (TPSA) is 40.6 Å². The molecule has 0 aromatic rings. The lowest BCUT2D eigenvalue weighted by Gasteiger charge is -2.47. The molecule has 5 heteroatoms. The van der Waals surface area contributed by atoms with Gasteiger partial charge in [-0.05, 0) is 70.1 Å². The highest BCUT2D eigenvalue weighted by molar-refractivity contribution is 6.20. The lowest BCUT2D eigenvalue weighted by Crippen LogP contribution is -2.64. The molecule has 3 fully saturated rings. The number of carbonyl (C=O) groups is 2. The third-order valence-corrected chi connectivity index (χ3v) is 7.21. The second-order valence-corrected chi connectivity index (χ2v) is 9.82. The zero-order valence-electron chi connectivity index (χ0n) is 16.6. The van der Waals surface area contributed by atoms with Crippen LogP contribution in [0.3, 0.4) is 0 Å². The van der Waals surface area contributed by atoms with Crippen molar-refractivity contribution in [2.75, 3.05) is 13.1 Å². The fourth-order valence-corrected chi connectivity index (χ4v) is 5.53. The summed E-state index contributed by atoms with van der Waals surface area (Å²) < 4.78 is 0. The number of rotatable bonds is 4. The molecule has 3 rings (SSSR count). The van der Waals surface area contributed by atoms with E-state index in [2.05, 4.69) is 6.92 Å². The summed E-state index contributed by atoms with van der Waals surface area (Å²) in [5.41, 5.74) is 0. The van der Waals surface area contributed by atoms with Gasteiger partial charge in [0.15, 0.2) is 0 Å². The lowest BCUT2D eigenvalue weighted by molar-refractivity contribution is -0.161. The van der Waals surface area contributed by atoms with Crippen molar-refractivity contribution in [2.45, 2.75) is 89.6 Å². The van der Waals surface area contributed by atoms with Crippen LogP contribution in [0.5, 0.6) is 0 Å². The summed E-state index contributed by atoms with van der Waals surface area (Å²) in [6.45, 7) is 7.36. The van der Waals surface area contributed by atoms with Gasteiger partial charge in [0, 0.05) is 18.0 Å². The first kappa shape index (κ1) is 20.0. The lowest BCUT2D eigenvalue weighted by atomic mass is 9.79. The molecule has 3 unspecified atom stereocenters. The van der Waals surface area contributed by atoms with Crippen molar-refractivity contribution in [2.24, 2.45) is 17.8 Å². The molecule has 4 nitrogen and oxygen atoms in total. The van der Waals surface area contributed by atoms with E-state index >= 15 is 0 Å². The second-order valence-electron chi connectivity index (χ2n) is 9.20. The largest absolute Gasteiger partial charge is 0.329 e. The Morgan fingerprint density at radius 1 is 1.08 bits per heavy atom. The molecule has 0 spiro atoms. The van der Waals surface area contributed by atoms with Gasteiger partial charge in [-0.25, -0.2) is 0 Å². The summed E-state index contributed by atoms with van der Waals surface area (Å²) in [5.74, 6) is 1.87. The van der Waals surface area contributed by atoms with Gasteiger partial charge < -0.3 is 9.80 Å². The second kappa shape index (κ2) is 8.50. The van der Waals surface area contributed by atoms with Crippen molar-refractivity contribution >= 4 is 23.4 Å². The number of nitrogens with zero attached hydrogens (tertiary/aromatic N) is 2. The molecule has 0 aromatic heterocycles. The number of hydrogen-bond acceptors (Lipinski definition) is 2. The Bertz CT molecular complexity index is 516. The van der Waals surface area contributed by atoms with Crippen LogP contribution in [0, 0.1) is 17.8 Å². The SMILES string of the molecule is CC1CCCC(CN2C(=O)CN(C(C)C)C(=O)C2C2CCC(Cl)CC2)C1. The van der Waals surface area contributed by atoms with E-state index in [9.17, 15) is 9.59 Å². The van der Waals surface area contributed by atoms with Crippen LogP contribution in [0.2, 0.25) is 0 Å². The highest BCUT2D eigenvalue weighted by atomic mass is 35.5. The van der Waals surface area contributed by atoms with E-state index in [1.807, 2.05) is 18.7 Å². The smallest absolute Gasteiger partial charge is 0.246 e. The Morgan fingerprint density at radius 3 is 2.38 bits per heavy atom. The summed E-state index contributed by atoms with van der Waals surface area (Å²) in [4.78, 5) is 30.1. The molecule has 2 saturated carbocycles. The summed E-state index contributed by atoms with van der Waals surface area (Å²) in [6, 6.07) is -0.185. The van der Waals surface area contributed by atoms with E-state index in [1.165, 1.54) is 25.7 Å². The Labute approximate surface area is 163 Å². The zero-order valence-corrected chi connectivity index (χ0v) is 17.4. The Kier molecular flexibility index (Phi) is 6.53. The number of halogens is 1. The van der Waals surface area contributed by atoms with E-state index in [-0.39, 0.29) is 41.7 Å². The highest BCUT2D eigenvalue weighted by Gasteiger charge is 2.45. The minimum atomic E-state index is -0.264. The van der Waals surface area contributed by atoms with Gasteiger partial charge in [-0.3, -0.25) is 9.59 Å². The number of carbonyl (C=O) groups excluding carboxylic acids is 2. The van der Waals surface area contributed by atoms with Crippen molar-refractivity contribution in [3.8, 4) is 0 Å². The molecule has 3 aliphatic rings.